The van der Waals surface area contributed by atoms with Crippen molar-refractivity contribution in [3.8, 4) is 5.75 Å². The van der Waals surface area contributed by atoms with Crippen molar-refractivity contribution < 1.29 is 3.07 Å². The first-order valence-electron chi connectivity index (χ1n) is 4.27. The summed E-state index contributed by atoms with van der Waals surface area (Å²) in [7, 11) is 0. The van der Waals surface area contributed by atoms with Crippen LogP contribution >= 0.6 is 0 Å². The summed E-state index contributed by atoms with van der Waals surface area (Å²) in [5.74, 6) is 0.494. The van der Waals surface area contributed by atoms with E-state index in [2.05, 4.69) is 14.8 Å². The Morgan fingerprint density at radius 1 is 1.08 bits per heavy atom. The van der Waals surface area contributed by atoms with Gasteiger partial charge in [0.25, 0.3) is 0 Å². The molecule has 1 aromatic rings. The zero-order chi connectivity index (χ0) is 9.90. The van der Waals surface area contributed by atoms with Gasteiger partial charge in [0.2, 0.25) is 0 Å². The first-order chi connectivity index (χ1) is 5.99. The van der Waals surface area contributed by atoms with Crippen molar-refractivity contribution in [1.82, 2.24) is 0 Å². The second-order valence-electron chi connectivity index (χ2n) is 3.85. The molecule has 2 nitrogen and oxygen atoms in total. The molecule has 0 aliphatic rings. The summed E-state index contributed by atoms with van der Waals surface area (Å²) in [5.41, 5.74) is -0.0309. The van der Waals surface area contributed by atoms with Crippen molar-refractivity contribution in [2.45, 2.75) is 14.8 Å². The summed E-state index contributed by atoms with van der Waals surface area (Å²) in [4.78, 5) is 17.8. The van der Waals surface area contributed by atoms with Crippen LogP contribution in [-0.4, -0.2) is 18.8 Å². The van der Waals surface area contributed by atoms with Gasteiger partial charge in [-0.3, -0.25) is 0 Å². The van der Waals surface area contributed by atoms with Crippen LogP contribution < -0.4 is 8.50 Å². The Balaban J connectivity index is 3.04. The second kappa shape index (κ2) is 4.13. The van der Waals surface area contributed by atoms with E-state index < -0.39 is 18.8 Å². The summed E-state index contributed by atoms with van der Waals surface area (Å²) in [5, 5.41) is 0. The van der Waals surface area contributed by atoms with E-state index in [9.17, 15) is 4.79 Å². The number of hydrogen-bond donors (Lipinski definition) is 0. The molecule has 0 saturated heterocycles. The van der Waals surface area contributed by atoms with Crippen LogP contribution in [0.3, 0.4) is 0 Å². The molecule has 0 N–H and O–H groups in total. The van der Waals surface area contributed by atoms with Gasteiger partial charge < -0.3 is 0 Å². The molecule has 0 aliphatic heterocycles. The molecule has 0 fully saturated rings. The van der Waals surface area contributed by atoms with E-state index in [1.807, 2.05) is 12.1 Å². The molecule has 0 heterocycles. The predicted molar refractivity (Wildman–Crippen MR) is 56.7 cm³/mol. The van der Waals surface area contributed by atoms with Crippen LogP contribution in [0.5, 0.6) is 5.75 Å². The molecule has 0 bridgehead atoms. The minimum atomic E-state index is -2.35. The molecule has 13 heavy (non-hydrogen) atoms. The summed E-state index contributed by atoms with van der Waals surface area (Å²) in [6.45, 7) is 0. The van der Waals surface area contributed by atoms with Gasteiger partial charge in [0, 0.05) is 0 Å². The Morgan fingerprint density at radius 3 is 2.31 bits per heavy atom. The number of rotatable bonds is 2. The van der Waals surface area contributed by atoms with Gasteiger partial charge in [0.1, 0.15) is 0 Å². The molecule has 0 saturated carbocycles. The van der Waals surface area contributed by atoms with E-state index in [4.69, 9.17) is 3.07 Å². The van der Waals surface area contributed by atoms with E-state index in [0.29, 0.717) is 5.75 Å². The summed E-state index contributed by atoms with van der Waals surface area (Å²) in [6.07, 6.45) is 0. The molecular weight excluding hydrogens is 271 g/mol. The topological polar surface area (TPSA) is 26.3 Å². The SMILES string of the molecule is [CH3][Sn]([CH3])([CH3])[O]c1cccccc1=O. The predicted octanol–water partition coefficient (Wildman–Crippen LogP) is 2.26. The summed E-state index contributed by atoms with van der Waals surface area (Å²) < 4.78 is 5.69. The summed E-state index contributed by atoms with van der Waals surface area (Å²) in [6, 6.07) is 8.66. The molecule has 0 radical (unpaired) electrons. The Hall–Kier alpha value is -0.511. The Kier molecular flexibility index (Phi) is 3.36. The first kappa shape index (κ1) is 10.6. The fraction of sp³-hybridized carbons (Fsp3) is 0.300. The Morgan fingerprint density at radius 2 is 1.69 bits per heavy atom. The van der Waals surface area contributed by atoms with Crippen molar-refractivity contribution >= 4 is 18.8 Å². The fourth-order valence-electron chi connectivity index (χ4n) is 0.929. The average Bonchev–Trinajstić information content (AvgIpc) is 2.14. The standard InChI is InChI=1S/C7H6O2.3CH3.Sn/c8-6-4-2-1-3-5-7(6)9;;;;/h1-5H,(H,8,9);3*1H3;/q;;;;+1/p-1. The molecule has 1 rings (SSSR count). The van der Waals surface area contributed by atoms with Gasteiger partial charge in [0.05, 0.1) is 0 Å². The van der Waals surface area contributed by atoms with Gasteiger partial charge >= 0.3 is 83.0 Å². The van der Waals surface area contributed by atoms with E-state index in [0.717, 1.165) is 0 Å². The molecule has 1 aromatic carbocycles. The maximum absolute atomic E-state index is 11.4. The third-order valence-corrected chi connectivity index (χ3v) is 3.75. The molecule has 0 spiro atoms. The molecule has 70 valence electrons. The molecule has 0 amide bonds. The first-order valence-corrected chi connectivity index (χ1v) is 14.0. The zero-order valence-corrected chi connectivity index (χ0v) is 11.1. The molecule has 0 unspecified atom stereocenters. The molecule has 0 aromatic heterocycles. The zero-order valence-electron chi connectivity index (χ0n) is 8.20. The van der Waals surface area contributed by atoms with E-state index in [1.54, 1.807) is 12.1 Å². The van der Waals surface area contributed by atoms with Gasteiger partial charge in [-0.05, 0) is 0 Å². The van der Waals surface area contributed by atoms with Crippen molar-refractivity contribution in [2.24, 2.45) is 0 Å². The van der Waals surface area contributed by atoms with Crippen molar-refractivity contribution in [1.29, 1.82) is 0 Å². The second-order valence-corrected chi connectivity index (χ2v) is 16.5. The third kappa shape index (κ3) is 3.80. The minimum absolute atomic E-state index is 0.0309. The number of hydrogen-bond acceptors (Lipinski definition) is 2. The Bertz CT molecular complexity index is 341. The maximum atomic E-state index is 11.4. The van der Waals surface area contributed by atoms with Gasteiger partial charge in [-0.2, -0.15) is 0 Å². The van der Waals surface area contributed by atoms with Crippen molar-refractivity contribution in [3.05, 3.63) is 40.6 Å². The molecular formula is C10H14O2Sn. The monoisotopic (exact) mass is 286 g/mol. The van der Waals surface area contributed by atoms with Crippen LogP contribution in [0, 0.1) is 0 Å². The molecule has 0 aliphatic carbocycles. The van der Waals surface area contributed by atoms with Crippen molar-refractivity contribution in [3.63, 3.8) is 0 Å². The van der Waals surface area contributed by atoms with Gasteiger partial charge in [-0.1, -0.05) is 0 Å². The van der Waals surface area contributed by atoms with Crippen LogP contribution in [0.15, 0.2) is 35.1 Å². The molecule has 3 heteroatoms. The van der Waals surface area contributed by atoms with E-state index in [-0.39, 0.29) is 5.43 Å². The van der Waals surface area contributed by atoms with Crippen LogP contribution in [0.25, 0.3) is 0 Å². The van der Waals surface area contributed by atoms with Crippen molar-refractivity contribution in [2.75, 3.05) is 0 Å². The Labute approximate surface area is 83.0 Å². The van der Waals surface area contributed by atoms with Gasteiger partial charge in [-0.15, -0.1) is 0 Å². The van der Waals surface area contributed by atoms with E-state index >= 15 is 0 Å². The normalized spacial score (nSPS) is 11.0. The van der Waals surface area contributed by atoms with Gasteiger partial charge in [-0.25, -0.2) is 0 Å². The van der Waals surface area contributed by atoms with Gasteiger partial charge in [0.15, 0.2) is 0 Å². The summed E-state index contributed by atoms with van der Waals surface area (Å²) >= 11 is -2.35. The van der Waals surface area contributed by atoms with E-state index in [1.165, 1.54) is 6.07 Å². The van der Waals surface area contributed by atoms with Crippen LogP contribution in [0.1, 0.15) is 0 Å². The third-order valence-electron chi connectivity index (χ3n) is 1.38. The average molecular weight is 285 g/mol. The fourth-order valence-corrected chi connectivity index (χ4v) is 3.29. The van der Waals surface area contributed by atoms with Crippen LogP contribution in [0.2, 0.25) is 14.8 Å². The quantitative estimate of drug-likeness (QED) is 0.779. The molecule has 0 atom stereocenters. The van der Waals surface area contributed by atoms with Crippen LogP contribution in [0.4, 0.5) is 0 Å². The van der Waals surface area contributed by atoms with Crippen LogP contribution in [-0.2, 0) is 0 Å².